The Morgan fingerprint density at radius 3 is 2.00 bits per heavy atom. The Labute approximate surface area is 95.3 Å². The highest BCUT2D eigenvalue weighted by Gasteiger charge is 2.35. The number of rotatable bonds is 4. The van der Waals surface area contributed by atoms with E-state index in [9.17, 15) is 0 Å². The Morgan fingerprint density at radius 1 is 1.14 bits per heavy atom. The topological polar surface area (TPSA) is 0 Å². The minimum atomic E-state index is -0.179. The summed E-state index contributed by atoms with van der Waals surface area (Å²) < 4.78 is 0. The van der Waals surface area contributed by atoms with E-state index in [0.717, 1.165) is 0 Å². The fourth-order valence-corrected chi connectivity index (χ4v) is 6.89. The van der Waals surface area contributed by atoms with Crippen LogP contribution in [-0.4, -0.2) is 43.4 Å². The average molecular weight is 249 g/mol. The average Bonchev–Trinajstić information content (AvgIpc) is 2.48. The van der Waals surface area contributed by atoms with E-state index in [0.29, 0.717) is 5.66 Å². The van der Waals surface area contributed by atoms with Crippen LogP contribution >= 0.6 is 27.4 Å². The predicted octanol–water partition coefficient (Wildman–Crippen LogP) is 3.94. The van der Waals surface area contributed by atoms with Gasteiger partial charge in [0.25, 0.3) is 0 Å². The molecule has 1 unspecified atom stereocenters. The van der Waals surface area contributed by atoms with Crippen LogP contribution in [0.1, 0.15) is 0 Å². The lowest BCUT2D eigenvalue weighted by atomic mass is 10.1. The molecule has 0 fully saturated rings. The molecular formula is C11H19ClP2. The molecule has 0 nitrogen and oxygen atoms in total. The molecule has 0 amide bonds. The van der Waals surface area contributed by atoms with Crippen molar-refractivity contribution in [2.24, 2.45) is 0 Å². The van der Waals surface area contributed by atoms with E-state index in [2.05, 4.69) is 51.0 Å². The summed E-state index contributed by atoms with van der Waals surface area (Å²) in [6, 6.07) is 0. The van der Waals surface area contributed by atoms with Crippen LogP contribution in [0.3, 0.4) is 0 Å². The van der Waals surface area contributed by atoms with Crippen LogP contribution in [0.25, 0.3) is 0 Å². The molecule has 1 aliphatic carbocycles. The van der Waals surface area contributed by atoms with Crippen LogP contribution in [0.4, 0.5) is 0 Å². The fraction of sp³-hybridized carbons (Fsp3) is 0.636. The normalized spacial score (nSPS) is 21.1. The van der Waals surface area contributed by atoms with Gasteiger partial charge in [0.15, 0.2) is 0 Å². The monoisotopic (exact) mass is 248 g/mol. The Bertz CT molecular complexity index is 232. The van der Waals surface area contributed by atoms with Crippen LogP contribution in [0, 0.1) is 0 Å². The van der Waals surface area contributed by atoms with Crippen molar-refractivity contribution in [2.75, 3.05) is 32.8 Å². The zero-order valence-electron chi connectivity index (χ0n) is 9.37. The molecule has 3 heteroatoms. The molecule has 0 aromatic carbocycles. The molecule has 0 heterocycles. The number of allylic oxidation sites excluding steroid dienone is 4. The van der Waals surface area contributed by atoms with E-state index < -0.39 is 0 Å². The van der Waals surface area contributed by atoms with Crippen molar-refractivity contribution in [1.82, 2.24) is 0 Å². The van der Waals surface area contributed by atoms with Gasteiger partial charge in [-0.2, -0.15) is 0 Å². The highest BCUT2D eigenvalue weighted by molar-refractivity contribution is 7.60. The summed E-state index contributed by atoms with van der Waals surface area (Å²) in [7, 11) is 0.169. The standard InChI is InChI=1S/C11H19ClP2/c1-13(2)9-10(14(3)4)11(12)7-5-6-8-11/h5-8,10H,9H2,1-4H3. The molecule has 1 atom stereocenters. The van der Waals surface area contributed by atoms with E-state index in [4.69, 9.17) is 11.6 Å². The molecule has 0 N–H and O–H groups in total. The molecule has 0 saturated carbocycles. The van der Waals surface area contributed by atoms with Gasteiger partial charge in [0, 0.05) is 5.66 Å². The van der Waals surface area contributed by atoms with Gasteiger partial charge in [-0.25, -0.2) is 0 Å². The van der Waals surface area contributed by atoms with Crippen LogP contribution in [0.5, 0.6) is 0 Å². The molecule has 0 bridgehead atoms. The van der Waals surface area contributed by atoms with E-state index in [1.165, 1.54) is 6.16 Å². The molecule has 0 radical (unpaired) electrons. The van der Waals surface area contributed by atoms with Gasteiger partial charge in [-0.3, -0.25) is 0 Å². The molecule has 0 aromatic rings. The van der Waals surface area contributed by atoms with Crippen molar-refractivity contribution in [1.29, 1.82) is 0 Å². The first-order valence-electron chi connectivity index (χ1n) is 4.83. The van der Waals surface area contributed by atoms with Crippen LogP contribution < -0.4 is 0 Å². The summed E-state index contributed by atoms with van der Waals surface area (Å²) >= 11 is 6.63. The lowest BCUT2D eigenvalue weighted by molar-refractivity contribution is 0.842. The Hall–Kier alpha value is 0.630. The van der Waals surface area contributed by atoms with Gasteiger partial charge >= 0.3 is 0 Å². The second-order valence-corrected chi connectivity index (χ2v) is 10.0. The first-order valence-corrected chi connectivity index (χ1v) is 9.93. The van der Waals surface area contributed by atoms with Crippen molar-refractivity contribution < 1.29 is 0 Å². The van der Waals surface area contributed by atoms with E-state index in [1.807, 2.05) is 0 Å². The maximum atomic E-state index is 6.63. The minimum Gasteiger partial charge on any atom is -0.112 e. The smallest absolute Gasteiger partial charge is 0.0882 e. The molecule has 0 saturated heterocycles. The summed E-state index contributed by atoms with van der Waals surface area (Å²) in [5.74, 6) is 0. The Kier molecular flexibility index (Phi) is 4.63. The van der Waals surface area contributed by atoms with Crippen LogP contribution in [-0.2, 0) is 0 Å². The van der Waals surface area contributed by atoms with Crippen molar-refractivity contribution >= 4 is 27.4 Å². The molecule has 80 valence electrons. The second kappa shape index (κ2) is 5.11. The molecule has 14 heavy (non-hydrogen) atoms. The predicted molar refractivity (Wildman–Crippen MR) is 73.1 cm³/mol. The Morgan fingerprint density at radius 2 is 1.64 bits per heavy atom. The molecule has 0 spiro atoms. The van der Waals surface area contributed by atoms with Crippen molar-refractivity contribution in [3.8, 4) is 0 Å². The molecule has 1 aliphatic rings. The zero-order valence-corrected chi connectivity index (χ0v) is 11.9. The van der Waals surface area contributed by atoms with Crippen molar-refractivity contribution in [2.45, 2.75) is 10.5 Å². The third-order valence-electron chi connectivity index (χ3n) is 2.49. The van der Waals surface area contributed by atoms with Gasteiger partial charge in [-0.1, -0.05) is 24.3 Å². The SMILES string of the molecule is CP(C)CC(P(C)C)C1(Cl)C=CC=C1. The van der Waals surface area contributed by atoms with Crippen molar-refractivity contribution in [3.63, 3.8) is 0 Å². The first-order chi connectivity index (χ1) is 6.46. The van der Waals surface area contributed by atoms with Crippen LogP contribution in [0.15, 0.2) is 24.3 Å². The van der Waals surface area contributed by atoms with Gasteiger partial charge in [0.1, 0.15) is 0 Å². The lowest BCUT2D eigenvalue weighted by Crippen LogP contribution is -2.32. The van der Waals surface area contributed by atoms with Gasteiger partial charge in [0.2, 0.25) is 0 Å². The summed E-state index contributed by atoms with van der Waals surface area (Å²) in [6.45, 7) is 9.35. The number of hydrogen-bond donors (Lipinski definition) is 0. The third kappa shape index (κ3) is 3.06. The summed E-state index contributed by atoms with van der Waals surface area (Å²) in [4.78, 5) is -0.179. The lowest BCUT2D eigenvalue weighted by Gasteiger charge is -2.33. The molecule has 1 rings (SSSR count). The summed E-state index contributed by atoms with van der Waals surface area (Å²) in [5.41, 5.74) is 0.635. The van der Waals surface area contributed by atoms with E-state index in [1.54, 1.807) is 0 Å². The third-order valence-corrected chi connectivity index (χ3v) is 6.39. The molecule has 0 aromatic heterocycles. The maximum absolute atomic E-state index is 6.63. The number of halogens is 1. The number of alkyl halides is 1. The molecular weight excluding hydrogens is 230 g/mol. The largest absolute Gasteiger partial charge is 0.112 e. The van der Waals surface area contributed by atoms with Gasteiger partial charge in [-0.05, 0) is 32.8 Å². The van der Waals surface area contributed by atoms with Gasteiger partial charge < -0.3 is 0 Å². The highest BCUT2D eigenvalue weighted by atomic mass is 35.5. The zero-order chi connectivity index (χ0) is 10.8. The van der Waals surface area contributed by atoms with Crippen molar-refractivity contribution in [3.05, 3.63) is 24.3 Å². The first kappa shape index (κ1) is 12.7. The minimum absolute atomic E-state index is 0.0257. The highest BCUT2D eigenvalue weighted by Crippen LogP contribution is 2.49. The maximum Gasteiger partial charge on any atom is 0.0882 e. The molecule has 0 aliphatic heterocycles. The van der Waals surface area contributed by atoms with E-state index >= 15 is 0 Å². The van der Waals surface area contributed by atoms with E-state index in [-0.39, 0.29) is 20.7 Å². The Balaban J connectivity index is 2.77. The quantitative estimate of drug-likeness (QED) is 0.522. The van der Waals surface area contributed by atoms with Gasteiger partial charge in [-0.15, -0.1) is 27.4 Å². The van der Waals surface area contributed by atoms with Gasteiger partial charge in [0.05, 0.1) is 4.87 Å². The summed E-state index contributed by atoms with van der Waals surface area (Å²) in [6.07, 6.45) is 9.74. The fourth-order valence-electron chi connectivity index (χ4n) is 1.73. The summed E-state index contributed by atoms with van der Waals surface area (Å²) in [5, 5.41) is 0. The second-order valence-electron chi connectivity index (χ2n) is 4.29. The number of hydrogen-bond acceptors (Lipinski definition) is 0. The van der Waals surface area contributed by atoms with Crippen LogP contribution in [0.2, 0.25) is 0 Å².